The Morgan fingerprint density at radius 1 is 1.39 bits per heavy atom. The van der Waals surface area contributed by atoms with Crippen molar-refractivity contribution in [1.29, 1.82) is 0 Å². The van der Waals surface area contributed by atoms with Crippen LogP contribution in [0.25, 0.3) is 0 Å². The van der Waals surface area contributed by atoms with Crippen LogP contribution in [0.15, 0.2) is 22.7 Å². The van der Waals surface area contributed by atoms with Crippen molar-refractivity contribution in [2.45, 2.75) is 20.4 Å². The largest absolute Gasteiger partial charge is 0.355 e. The van der Waals surface area contributed by atoms with Crippen molar-refractivity contribution in [3.05, 3.63) is 33.3 Å². The average Bonchev–Trinajstić information content (AvgIpc) is 2.30. The molecule has 0 bridgehead atoms. The lowest BCUT2D eigenvalue weighted by Crippen LogP contribution is -2.34. The van der Waals surface area contributed by atoms with Crippen molar-refractivity contribution in [3.63, 3.8) is 0 Å². The number of carbonyl (C=O) groups is 1. The fourth-order valence-corrected chi connectivity index (χ4v) is 2.11. The molecule has 0 fully saturated rings. The molecule has 0 atom stereocenters. The van der Waals surface area contributed by atoms with Gasteiger partial charge >= 0.3 is 0 Å². The molecule has 2 N–H and O–H groups in total. The van der Waals surface area contributed by atoms with Crippen LogP contribution < -0.4 is 10.6 Å². The lowest BCUT2D eigenvalue weighted by Gasteiger charge is -2.09. The Hall–Kier alpha value is -0.580. The van der Waals surface area contributed by atoms with Crippen molar-refractivity contribution in [2.75, 3.05) is 13.1 Å². The maximum absolute atomic E-state index is 11.3. The summed E-state index contributed by atoms with van der Waals surface area (Å²) in [7, 11) is 0. The third kappa shape index (κ3) is 5.38. The summed E-state index contributed by atoms with van der Waals surface area (Å²) in [6.07, 6.45) is 0. The lowest BCUT2D eigenvalue weighted by molar-refractivity contribution is -0.123. The molecule has 0 spiro atoms. The number of rotatable bonds is 6. The standard InChI is InChI=1S/C13H18BrClN2O/c1-9(2)13(18)17-6-5-16-8-10-3-4-11(14)7-12(10)15/h3-4,7,9,16H,5-6,8H2,1-2H3,(H,17,18). The van der Waals surface area contributed by atoms with Crippen LogP contribution in [0.2, 0.25) is 5.02 Å². The van der Waals surface area contributed by atoms with E-state index in [1.807, 2.05) is 32.0 Å². The van der Waals surface area contributed by atoms with Crippen molar-refractivity contribution in [3.8, 4) is 0 Å². The van der Waals surface area contributed by atoms with Crippen LogP contribution in [0.4, 0.5) is 0 Å². The first kappa shape index (κ1) is 15.5. The van der Waals surface area contributed by atoms with Crippen molar-refractivity contribution in [1.82, 2.24) is 10.6 Å². The molecule has 0 radical (unpaired) electrons. The average molecular weight is 334 g/mol. The van der Waals surface area contributed by atoms with E-state index < -0.39 is 0 Å². The Kier molecular flexibility index (Phi) is 6.68. The van der Waals surface area contributed by atoms with E-state index >= 15 is 0 Å². The molecule has 18 heavy (non-hydrogen) atoms. The van der Waals surface area contributed by atoms with E-state index in [4.69, 9.17) is 11.6 Å². The van der Waals surface area contributed by atoms with Gasteiger partial charge in [0.25, 0.3) is 0 Å². The van der Waals surface area contributed by atoms with Gasteiger partial charge in [-0.05, 0) is 17.7 Å². The van der Waals surface area contributed by atoms with E-state index in [1.54, 1.807) is 0 Å². The highest BCUT2D eigenvalue weighted by atomic mass is 79.9. The zero-order valence-corrected chi connectivity index (χ0v) is 12.9. The van der Waals surface area contributed by atoms with Crippen LogP contribution in [0.3, 0.4) is 0 Å². The predicted octanol–water partition coefficient (Wildman–Crippen LogP) is 2.96. The molecule has 0 saturated heterocycles. The maximum atomic E-state index is 11.3. The zero-order valence-electron chi connectivity index (χ0n) is 10.6. The van der Waals surface area contributed by atoms with Gasteiger partial charge in [0.1, 0.15) is 0 Å². The molecule has 0 aromatic heterocycles. The van der Waals surface area contributed by atoms with E-state index in [9.17, 15) is 4.79 Å². The van der Waals surface area contributed by atoms with Crippen LogP contribution in [0.5, 0.6) is 0 Å². The van der Waals surface area contributed by atoms with Crippen molar-refractivity contribution in [2.24, 2.45) is 5.92 Å². The number of hydrogen-bond acceptors (Lipinski definition) is 2. The number of halogens is 2. The highest BCUT2D eigenvalue weighted by Crippen LogP contribution is 2.20. The van der Waals surface area contributed by atoms with Gasteiger partial charge in [-0.2, -0.15) is 0 Å². The third-order valence-corrected chi connectivity index (χ3v) is 3.30. The smallest absolute Gasteiger partial charge is 0.222 e. The van der Waals surface area contributed by atoms with Gasteiger partial charge in [-0.3, -0.25) is 4.79 Å². The fourth-order valence-electron chi connectivity index (χ4n) is 1.37. The normalized spacial score (nSPS) is 10.7. The summed E-state index contributed by atoms with van der Waals surface area (Å²) in [6, 6.07) is 5.81. The topological polar surface area (TPSA) is 41.1 Å². The van der Waals surface area contributed by atoms with Crippen molar-refractivity contribution >= 4 is 33.4 Å². The van der Waals surface area contributed by atoms with Gasteiger partial charge in [0.05, 0.1) is 0 Å². The fraction of sp³-hybridized carbons (Fsp3) is 0.462. The predicted molar refractivity (Wildman–Crippen MR) is 78.7 cm³/mol. The van der Waals surface area contributed by atoms with Gasteiger partial charge in [0.15, 0.2) is 0 Å². The molecule has 0 unspecified atom stereocenters. The number of carbonyl (C=O) groups excluding carboxylic acids is 1. The first-order valence-electron chi connectivity index (χ1n) is 5.93. The Balaban J connectivity index is 2.24. The molecular weight excluding hydrogens is 316 g/mol. The molecule has 0 aliphatic carbocycles. The minimum Gasteiger partial charge on any atom is -0.355 e. The SMILES string of the molecule is CC(C)C(=O)NCCNCc1ccc(Br)cc1Cl. The van der Waals surface area contributed by atoms with Gasteiger partial charge in [0.2, 0.25) is 5.91 Å². The molecule has 0 aliphatic rings. The summed E-state index contributed by atoms with van der Waals surface area (Å²) in [6.45, 7) is 5.81. The Labute approximate surface area is 121 Å². The Morgan fingerprint density at radius 2 is 2.11 bits per heavy atom. The maximum Gasteiger partial charge on any atom is 0.222 e. The second-order valence-electron chi connectivity index (χ2n) is 4.36. The minimum atomic E-state index is 0.0333. The molecule has 1 aromatic rings. The minimum absolute atomic E-state index is 0.0333. The highest BCUT2D eigenvalue weighted by Gasteiger charge is 2.05. The van der Waals surface area contributed by atoms with Gasteiger partial charge in [-0.25, -0.2) is 0 Å². The quantitative estimate of drug-likeness (QED) is 0.786. The van der Waals surface area contributed by atoms with Gasteiger partial charge in [-0.15, -0.1) is 0 Å². The van der Waals surface area contributed by atoms with E-state index in [-0.39, 0.29) is 11.8 Å². The van der Waals surface area contributed by atoms with Gasteiger partial charge in [0, 0.05) is 35.0 Å². The number of benzene rings is 1. The summed E-state index contributed by atoms with van der Waals surface area (Å²) < 4.78 is 0.973. The highest BCUT2D eigenvalue weighted by molar-refractivity contribution is 9.10. The molecule has 0 aliphatic heterocycles. The molecule has 0 heterocycles. The molecule has 1 amide bonds. The first-order valence-corrected chi connectivity index (χ1v) is 7.10. The van der Waals surface area contributed by atoms with E-state index in [0.29, 0.717) is 13.1 Å². The molecule has 1 rings (SSSR count). The van der Waals surface area contributed by atoms with Crippen LogP contribution in [0, 0.1) is 5.92 Å². The van der Waals surface area contributed by atoms with E-state index in [1.165, 1.54) is 0 Å². The Bertz CT molecular complexity index is 410. The molecule has 0 saturated carbocycles. The van der Waals surface area contributed by atoms with Crippen LogP contribution >= 0.6 is 27.5 Å². The molecule has 100 valence electrons. The first-order chi connectivity index (χ1) is 8.50. The Morgan fingerprint density at radius 3 is 2.72 bits per heavy atom. The summed E-state index contributed by atoms with van der Waals surface area (Å²) in [4.78, 5) is 11.3. The number of nitrogens with one attached hydrogen (secondary N) is 2. The van der Waals surface area contributed by atoms with E-state index in [2.05, 4.69) is 26.6 Å². The lowest BCUT2D eigenvalue weighted by atomic mass is 10.2. The zero-order chi connectivity index (χ0) is 13.5. The van der Waals surface area contributed by atoms with Gasteiger partial charge in [-0.1, -0.05) is 47.4 Å². The summed E-state index contributed by atoms with van der Waals surface area (Å²) in [5, 5.41) is 6.83. The van der Waals surface area contributed by atoms with Crippen LogP contribution in [-0.4, -0.2) is 19.0 Å². The molecule has 3 nitrogen and oxygen atoms in total. The number of amides is 1. The van der Waals surface area contributed by atoms with E-state index in [0.717, 1.165) is 21.6 Å². The second-order valence-corrected chi connectivity index (χ2v) is 5.68. The van der Waals surface area contributed by atoms with Gasteiger partial charge < -0.3 is 10.6 Å². The molecular formula is C13H18BrClN2O. The van der Waals surface area contributed by atoms with Crippen molar-refractivity contribution < 1.29 is 4.79 Å². The second kappa shape index (κ2) is 7.77. The summed E-state index contributed by atoms with van der Waals surface area (Å²) in [5.74, 6) is 0.115. The van der Waals surface area contributed by atoms with Crippen LogP contribution in [0.1, 0.15) is 19.4 Å². The number of hydrogen-bond donors (Lipinski definition) is 2. The third-order valence-electron chi connectivity index (χ3n) is 2.46. The summed E-state index contributed by atoms with van der Waals surface area (Å²) in [5.41, 5.74) is 1.05. The molecule has 1 aromatic carbocycles. The summed E-state index contributed by atoms with van der Waals surface area (Å²) >= 11 is 9.46. The molecule has 5 heteroatoms. The monoisotopic (exact) mass is 332 g/mol. The van der Waals surface area contributed by atoms with Crippen LogP contribution in [-0.2, 0) is 11.3 Å².